The number of hydrogen-bond acceptors (Lipinski definition) is 3. The van der Waals surface area contributed by atoms with Crippen molar-refractivity contribution in [3.63, 3.8) is 0 Å². The zero-order valence-electron chi connectivity index (χ0n) is 16.1. The molecule has 0 amide bonds. The summed E-state index contributed by atoms with van der Waals surface area (Å²) < 4.78 is 0. The molecule has 0 N–H and O–H groups in total. The van der Waals surface area contributed by atoms with Crippen molar-refractivity contribution in [3.05, 3.63) is 80.5 Å². The Morgan fingerprint density at radius 2 is 1.69 bits per heavy atom. The highest BCUT2D eigenvalue weighted by molar-refractivity contribution is 6.35. The predicted molar refractivity (Wildman–Crippen MR) is 115 cm³/mol. The summed E-state index contributed by atoms with van der Waals surface area (Å²) in [6.45, 7) is 4.16. The summed E-state index contributed by atoms with van der Waals surface area (Å²) >= 11 is 12.7. The first-order valence-electron chi connectivity index (χ1n) is 9.70. The highest BCUT2D eigenvalue weighted by atomic mass is 35.5. The summed E-state index contributed by atoms with van der Waals surface area (Å²) in [6, 6.07) is 12.8. The van der Waals surface area contributed by atoms with Crippen molar-refractivity contribution in [1.29, 1.82) is 0 Å². The second-order valence-corrected chi connectivity index (χ2v) is 9.67. The summed E-state index contributed by atoms with van der Waals surface area (Å²) in [5.74, 6) is -0.917. The molecule has 0 unspecified atom stereocenters. The molecule has 0 saturated heterocycles. The number of hydrogen-bond donors (Lipinski definition) is 0. The molecular formula is C24H19Cl2NO2. The first-order valence-corrected chi connectivity index (χ1v) is 10.5. The van der Waals surface area contributed by atoms with Gasteiger partial charge in [0.15, 0.2) is 11.6 Å². The lowest BCUT2D eigenvalue weighted by molar-refractivity contribution is -0.118. The molecule has 0 aromatic heterocycles. The molecule has 2 aromatic rings. The molecule has 1 heterocycles. The molecule has 5 rings (SSSR count). The summed E-state index contributed by atoms with van der Waals surface area (Å²) in [5, 5.41) is 0.992. The van der Waals surface area contributed by atoms with Crippen LogP contribution in [-0.4, -0.2) is 17.3 Å². The molecule has 3 aliphatic rings. The fourth-order valence-electron chi connectivity index (χ4n) is 4.97. The average molecular weight is 424 g/mol. The van der Waals surface area contributed by atoms with Gasteiger partial charge in [-0.2, -0.15) is 0 Å². The van der Waals surface area contributed by atoms with Crippen molar-refractivity contribution in [2.45, 2.75) is 32.6 Å². The van der Waals surface area contributed by atoms with E-state index in [0.717, 1.165) is 22.5 Å². The molecule has 3 nitrogen and oxygen atoms in total. The molecule has 0 bridgehead atoms. The number of carbonyl (C=O) groups excluding carboxylic acids is 2. The number of carbonyl (C=O) groups is 2. The van der Waals surface area contributed by atoms with E-state index in [0.29, 0.717) is 34.0 Å². The van der Waals surface area contributed by atoms with Crippen molar-refractivity contribution >= 4 is 40.5 Å². The van der Waals surface area contributed by atoms with Gasteiger partial charge in [0, 0.05) is 44.8 Å². The van der Waals surface area contributed by atoms with Crippen LogP contribution < -0.4 is 0 Å². The van der Waals surface area contributed by atoms with E-state index >= 15 is 0 Å². The van der Waals surface area contributed by atoms with Crippen LogP contribution in [0.4, 0.5) is 0 Å². The van der Waals surface area contributed by atoms with Crippen LogP contribution in [0.25, 0.3) is 0 Å². The number of ketones is 2. The van der Waals surface area contributed by atoms with Gasteiger partial charge in [0.1, 0.15) is 0 Å². The lowest BCUT2D eigenvalue weighted by Crippen LogP contribution is -2.37. The Hall–Kier alpha value is -2.23. The van der Waals surface area contributed by atoms with Gasteiger partial charge in [-0.3, -0.25) is 14.6 Å². The summed E-state index contributed by atoms with van der Waals surface area (Å²) in [6.07, 6.45) is 1.13. The van der Waals surface area contributed by atoms with Crippen LogP contribution >= 0.6 is 23.2 Å². The monoisotopic (exact) mass is 423 g/mol. The molecule has 146 valence electrons. The minimum atomic E-state index is -0.532. The first kappa shape index (κ1) is 18.8. The van der Waals surface area contributed by atoms with Gasteiger partial charge < -0.3 is 0 Å². The van der Waals surface area contributed by atoms with Crippen LogP contribution in [0.3, 0.4) is 0 Å². The molecule has 29 heavy (non-hydrogen) atoms. The largest absolute Gasteiger partial charge is 0.294 e. The average Bonchev–Trinajstić information content (AvgIpc) is 2.92. The van der Waals surface area contributed by atoms with Crippen LogP contribution in [0, 0.1) is 11.3 Å². The van der Waals surface area contributed by atoms with E-state index in [1.54, 1.807) is 12.1 Å². The van der Waals surface area contributed by atoms with E-state index in [1.807, 2.05) is 30.3 Å². The van der Waals surface area contributed by atoms with E-state index in [9.17, 15) is 9.59 Å². The minimum Gasteiger partial charge on any atom is -0.294 e. The molecule has 0 fully saturated rings. The van der Waals surface area contributed by atoms with E-state index in [-0.39, 0.29) is 17.0 Å². The second kappa shape index (κ2) is 6.38. The van der Waals surface area contributed by atoms with Crippen molar-refractivity contribution in [1.82, 2.24) is 0 Å². The number of benzene rings is 2. The predicted octanol–water partition coefficient (Wildman–Crippen LogP) is 6.04. The van der Waals surface area contributed by atoms with Gasteiger partial charge in [0.2, 0.25) is 0 Å². The van der Waals surface area contributed by atoms with Crippen molar-refractivity contribution in [2.24, 2.45) is 16.3 Å². The van der Waals surface area contributed by atoms with Crippen LogP contribution in [-0.2, 0) is 4.79 Å². The van der Waals surface area contributed by atoms with E-state index < -0.39 is 11.8 Å². The molecule has 2 aliphatic carbocycles. The fraction of sp³-hybridized carbons (Fsp3) is 0.292. The lowest BCUT2D eigenvalue weighted by Gasteiger charge is -2.38. The molecule has 1 aliphatic heterocycles. The van der Waals surface area contributed by atoms with Crippen molar-refractivity contribution < 1.29 is 9.59 Å². The SMILES string of the molecule is CC1(C)CC(=O)C2=C(C1)N=C1c3ccccc3C(=O)[C@H]1[C@@H]2c1ccc(Cl)cc1Cl. The Morgan fingerprint density at radius 1 is 0.966 bits per heavy atom. The zero-order valence-corrected chi connectivity index (χ0v) is 17.6. The van der Waals surface area contributed by atoms with E-state index in [4.69, 9.17) is 28.2 Å². The summed E-state index contributed by atoms with van der Waals surface area (Å²) in [5.41, 5.74) is 4.31. The molecule has 5 heteroatoms. The molecule has 0 radical (unpaired) electrons. The van der Waals surface area contributed by atoms with Gasteiger partial charge in [-0.1, -0.05) is 67.4 Å². The smallest absolute Gasteiger partial charge is 0.173 e. The van der Waals surface area contributed by atoms with Gasteiger partial charge in [-0.15, -0.1) is 0 Å². The maximum atomic E-state index is 13.4. The Morgan fingerprint density at radius 3 is 2.41 bits per heavy atom. The van der Waals surface area contributed by atoms with E-state index in [2.05, 4.69) is 13.8 Å². The van der Waals surface area contributed by atoms with Crippen LogP contribution in [0.15, 0.2) is 58.7 Å². The minimum absolute atomic E-state index is 0.000416. The van der Waals surface area contributed by atoms with Crippen LogP contribution in [0.2, 0.25) is 10.0 Å². The van der Waals surface area contributed by atoms with Gasteiger partial charge in [-0.05, 0) is 29.5 Å². The van der Waals surface area contributed by atoms with Crippen LogP contribution in [0.5, 0.6) is 0 Å². The summed E-state index contributed by atoms with van der Waals surface area (Å²) in [7, 11) is 0. The Kier molecular flexibility index (Phi) is 4.13. The molecule has 0 spiro atoms. The highest BCUT2D eigenvalue weighted by Crippen LogP contribution is 2.52. The Balaban J connectivity index is 1.79. The standard InChI is InChI=1S/C24H19Cl2NO2/c1-24(2)10-17-20(18(28)11-24)19(15-8-7-12(25)9-16(15)26)21-22(27-17)13-5-3-4-6-14(13)23(21)29/h3-9,19,21H,10-11H2,1-2H3/t19-,21+/m1/s1. The maximum absolute atomic E-state index is 13.4. The van der Waals surface area contributed by atoms with Gasteiger partial charge in [0.05, 0.1) is 11.6 Å². The maximum Gasteiger partial charge on any atom is 0.173 e. The molecule has 2 atom stereocenters. The number of allylic oxidation sites excluding steroid dienone is 2. The number of fused-ring (bicyclic) bond motifs is 3. The molecule has 0 saturated carbocycles. The first-order chi connectivity index (χ1) is 13.8. The zero-order chi connectivity index (χ0) is 20.5. The third kappa shape index (κ3) is 2.83. The third-order valence-electron chi connectivity index (χ3n) is 6.14. The van der Waals surface area contributed by atoms with Crippen molar-refractivity contribution in [2.75, 3.05) is 0 Å². The topological polar surface area (TPSA) is 46.5 Å². The van der Waals surface area contributed by atoms with Gasteiger partial charge in [0.25, 0.3) is 0 Å². The third-order valence-corrected chi connectivity index (χ3v) is 6.70. The number of halogens is 2. The van der Waals surface area contributed by atoms with E-state index in [1.165, 1.54) is 0 Å². The number of rotatable bonds is 1. The van der Waals surface area contributed by atoms with Gasteiger partial charge >= 0.3 is 0 Å². The fourth-order valence-corrected chi connectivity index (χ4v) is 5.50. The van der Waals surface area contributed by atoms with Crippen molar-refractivity contribution in [3.8, 4) is 0 Å². The second-order valence-electron chi connectivity index (χ2n) is 8.83. The lowest BCUT2D eigenvalue weighted by atomic mass is 9.66. The number of Topliss-reactive ketones (excluding diaryl/α,β-unsaturated/α-hetero) is 2. The van der Waals surface area contributed by atoms with Gasteiger partial charge in [-0.25, -0.2) is 0 Å². The Labute approximate surface area is 179 Å². The highest BCUT2D eigenvalue weighted by Gasteiger charge is 2.50. The normalized spacial score (nSPS) is 24.8. The van der Waals surface area contributed by atoms with Crippen LogP contribution in [0.1, 0.15) is 54.1 Å². The molecular weight excluding hydrogens is 405 g/mol. The summed E-state index contributed by atoms with van der Waals surface area (Å²) in [4.78, 5) is 31.6. The number of aliphatic imine (C=N–C) groups is 1. The Bertz CT molecular complexity index is 1160. The molecule has 2 aromatic carbocycles. The number of nitrogens with zero attached hydrogens (tertiary/aromatic N) is 1. The quantitative estimate of drug-likeness (QED) is 0.561.